The number of hydrogen-bond donors (Lipinski definition) is 1. The second-order valence-corrected chi connectivity index (χ2v) is 4.98. The van der Waals surface area contributed by atoms with E-state index >= 15 is 0 Å². The van der Waals surface area contributed by atoms with E-state index in [9.17, 15) is 4.79 Å². The first kappa shape index (κ1) is 14.8. The fourth-order valence-corrected chi connectivity index (χ4v) is 2.28. The molecule has 5 heteroatoms. The minimum Gasteiger partial charge on any atom is -0.375 e. The van der Waals surface area contributed by atoms with Crippen LogP contribution in [0.4, 0.5) is 5.82 Å². The van der Waals surface area contributed by atoms with Crippen molar-refractivity contribution in [1.82, 2.24) is 9.88 Å². The highest BCUT2D eigenvalue weighted by molar-refractivity contribution is 5.98. The van der Waals surface area contributed by atoms with Crippen LogP contribution in [0.1, 0.15) is 37.0 Å². The van der Waals surface area contributed by atoms with Gasteiger partial charge in [-0.05, 0) is 25.0 Å². The van der Waals surface area contributed by atoms with Gasteiger partial charge in [0, 0.05) is 25.8 Å². The quantitative estimate of drug-likeness (QED) is 0.896. The highest BCUT2D eigenvalue weighted by Crippen LogP contribution is 2.17. The highest BCUT2D eigenvalue weighted by Gasteiger charge is 2.25. The van der Waals surface area contributed by atoms with Crippen molar-refractivity contribution in [3.8, 4) is 0 Å². The predicted octanol–water partition coefficient (Wildman–Crippen LogP) is 2.15. The number of amides is 1. The van der Waals surface area contributed by atoms with Gasteiger partial charge in [0.1, 0.15) is 5.82 Å². The summed E-state index contributed by atoms with van der Waals surface area (Å²) in [5.41, 5.74) is 0.651. The molecule has 110 valence electrons. The van der Waals surface area contributed by atoms with Crippen molar-refractivity contribution in [1.29, 1.82) is 0 Å². The standard InChI is InChI=1S/C15H23N3O2/c1-3-7-16-14-13(6-5-8-17-14)15(19)18-9-10-20-12(4-2)11-18/h5-6,8,12H,3-4,7,9-11H2,1-2H3,(H,16,17). The first-order chi connectivity index (χ1) is 9.76. The van der Waals surface area contributed by atoms with Crippen LogP contribution in [-0.4, -0.2) is 48.1 Å². The smallest absolute Gasteiger partial charge is 0.257 e. The second-order valence-electron chi connectivity index (χ2n) is 4.98. The number of carbonyl (C=O) groups is 1. The van der Waals surface area contributed by atoms with Gasteiger partial charge in [-0.3, -0.25) is 4.79 Å². The molecule has 1 N–H and O–H groups in total. The summed E-state index contributed by atoms with van der Waals surface area (Å²) in [6.45, 7) is 6.91. The Morgan fingerprint density at radius 1 is 1.55 bits per heavy atom. The van der Waals surface area contributed by atoms with E-state index in [0.717, 1.165) is 19.4 Å². The molecule has 1 saturated heterocycles. The Bertz CT molecular complexity index is 450. The number of anilines is 1. The largest absolute Gasteiger partial charge is 0.375 e. The highest BCUT2D eigenvalue weighted by atomic mass is 16.5. The average molecular weight is 277 g/mol. The fraction of sp³-hybridized carbons (Fsp3) is 0.600. The Labute approximate surface area is 120 Å². The molecular weight excluding hydrogens is 254 g/mol. The molecule has 0 bridgehead atoms. The van der Waals surface area contributed by atoms with Gasteiger partial charge in [-0.25, -0.2) is 4.98 Å². The summed E-state index contributed by atoms with van der Waals surface area (Å²) in [5, 5.41) is 3.22. The zero-order valence-corrected chi connectivity index (χ0v) is 12.3. The van der Waals surface area contributed by atoms with Crippen LogP contribution in [0.15, 0.2) is 18.3 Å². The van der Waals surface area contributed by atoms with Crippen LogP contribution in [0.2, 0.25) is 0 Å². The number of pyridine rings is 1. The number of nitrogens with zero attached hydrogens (tertiary/aromatic N) is 2. The van der Waals surface area contributed by atoms with Gasteiger partial charge in [0.05, 0.1) is 18.3 Å². The van der Waals surface area contributed by atoms with Crippen molar-refractivity contribution < 1.29 is 9.53 Å². The van der Waals surface area contributed by atoms with E-state index in [1.807, 2.05) is 17.0 Å². The number of ether oxygens (including phenoxy) is 1. The van der Waals surface area contributed by atoms with Gasteiger partial charge in [0.25, 0.3) is 5.91 Å². The summed E-state index contributed by atoms with van der Waals surface area (Å²) in [5.74, 6) is 0.720. The maximum Gasteiger partial charge on any atom is 0.257 e. The van der Waals surface area contributed by atoms with Gasteiger partial charge in [-0.2, -0.15) is 0 Å². The Morgan fingerprint density at radius 2 is 2.40 bits per heavy atom. The molecule has 0 spiro atoms. The topological polar surface area (TPSA) is 54.5 Å². The zero-order valence-electron chi connectivity index (χ0n) is 12.3. The third-order valence-corrected chi connectivity index (χ3v) is 3.46. The van der Waals surface area contributed by atoms with Crippen LogP contribution >= 0.6 is 0 Å². The Kier molecular flexibility index (Phi) is 5.35. The van der Waals surface area contributed by atoms with Gasteiger partial charge in [-0.1, -0.05) is 13.8 Å². The van der Waals surface area contributed by atoms with E-state index < -0.39 is 0 Å². The number of rotatable bonds is 5. The van der Waals surface area contributed by atoms with Crippen molar-refractivity contribution in [3.05, 3.63) is 23.9 Å². The number of hydrogen-bond acceptors (Lipinski definition) is 4. The summed E-state index contributed by atoms with van der Waals surface area (Å²) in [6.07, 6.45) is 3.79. The van der Waals surface area contributed by atoms with Crippen LogP contribution < -0.4 is 5.32 Å². The molecule has 5 nitrogen and oxygen atoms in total. The predicted molar refractivity (Wildman–Crippen MR) is 79.0 cm³/mol. The molecule has 1 atom stereocenters. The van der Waals surface area contributed by atoms with Gasteiger partial charge < -0.3 is 15.0 Å². The van der Waals surface area contributed by atoms with Crippen molar-refractivity contribution in [2.75, 3.05) is 31.6 Å². The minimum absolute atomic E-state index is 0.0402. The van der Waals surface area contributed by atoms with Gasteiger partial charge in [-0.15, -0.1) is 0 Å². The molecule has 1 aliphatic rings. The maximum absolute atomic E-state index is 12.6. The molecule has 0 aliphatic carbocycles. The summed E-state index contributed by atoms with van der Waals surface area (Å²) >= 11 is 0. The molecule has 0 aromatic carbocycles. The zero-order chi connectivity index (χ0) is 14.4. The van der Waals surface area contributed by atoms with Crippen molar-refractivity contribution in [2.24, 2.45) is 0 Å². The molecular formula is C15H23N3O2. The lowest BCUT2D eigenvalue weighted by Gasteiger charge is -2.32. The third kappa shape index (κ3) is 3.48. The van der Waals surface area contributed by atoms with Crippen LogP contribution in [0.5, 0.6) is 0 Å². The Morgan fingerprint density at radius 3 is 3.15 bits per heavy atom. The second kappa shape index (κ2) is 7.24. The number of aromatic nitrogens is 1. The summed E-state index contributed by atoms with van der Waals surface area (Å²) in [6, 6.07) is 3.64. The lowest BCUT2D eigenvalue weighted by molar-refractivity contribution is -0.0226. The number of morpholine rings is 1. The summed E-state index contributed by atoms with van der Waals surface area (Å²) < 4.78 is 5.61. The maximum atomic E-state index is 12.6. The molecule has 1 amide bonds. The van der Waals surface area contributed by atoms with E-state index in [2.05, 4.69) is 24.1 Å². The summed E-state index contributed by atoms with van der Waals surface area (Å²) in [4.78, 5) is 18.8. The van der Waals surface area contributed by atoms with Crippen LogP contribution in [0.25, 0.3) is 0 Å². The van der Waals surface area contributed by atoms with E-state index in [4.69, 9.17) is 4.74 Å². The normalized spacial score (nSPS) is 18.9. The van der Waals surface area contributed by atoms with E-state index in [-0.39, 0.29) is 12.0 Å². The lowest BCUT2D eigenvalue weighted by Crippen LogP contribution is -2.45. The van der Waals surface area contributed by atoms with Crippen molar-refractivity contribution in [2.45, 2.75) is 32.8 Å². The van der Waals surface area contributed by atoms with Crippen molar-refractivity contribution in [3.63, 3.8) is 0 Å². The first-order valence-electron chi connectivity index (χ1n) is 7.36. The van der Waals surface area contributed by atoms with Crippen molar-refractivity contribution >= 4 is 11.7 Å². The molecule has 1 aromatic heterocycles. The van der Waals surface area contributed by atoms with Crippen LogP contribution in [-0.2, 0) is 4.74 Å². The van der Waals surface area contributed by atoms with Crippen LogP contribution in [0, 0.1) is 0 Å². The lowest BCUT2D eigenvalue weighted by atomic mass is 10.1. The van der Waals surface area contributed by atoms with Gasteiger partial charge in [0.2, 0.25) is 0 Å². The molecule has 1 fully saturated rings. The average Bonchev–Trinajstić information content (AvgIpc) is 2.52. The van der Waals surface area contributed by atoms with E-state index in [0.29, 0.717) is 31.1 Å². The summed E-state index contributed by atoms with van der Waals surface area (Å²) in [7, 11) is 0. The minimum atomic E-state index is 0.0402. The SMILES string of the molecule is CCCNc1ncccc1C(=O)N1CCOC(CC)C1. The Hall–Kier alpha value is -1.62. The first-order valence-corrected chi connectivity index (χ1v) is 7.36. The molecule has 20 heavy (non-hydrogen) atoms. The molecule has 0 saturated carbocycles. The van der Waals surface area contributed by atoms with Crippen LogP contribution in [0.3, 0.4) is 0 Å². The third-order valence-electron chi connectivity index (χ3n) is 3.46. The molecule has 0 radical (unpaired) electrons. The molecule has 1 aliphatic heterocycles. The number of carbonyl (C=O) groups excluding carboxylic acids is 1. The molecule has 1 unspecified atom stereocenters. The molecule has 2 heterocycles. The fourth-order valence-electron chi connectivity index (χ4n) is 2.28. The van der Waals surface area contributed by atoms with Gasteiger partial charge in [0.15, 0.2) is 0 Å². The van der Waals surface area contributed by atoms with E-state index in [1.54, 1.807) is 6.20 Å². The Balaban J connectivity index is 2.11. The van der Waals surface area contributed by atoms with E-state index in [1.165, 1.54) is 0 Å². The number of nitrogens with one attached hydrogen (secondary N) is 1. The monoisotopic (exact) mass is 277 g/mol. The molecule has 1 aromatic rings. The van der Waals surface area contributed by atoms with Gasteiger partial charge >= 0.3 is 0 Å². The molecule has 2 rings (SSSR count).